The van der Waals surface area contributed by atoms with Crippen molar-refractivity contribution in [1.29, 1.82) is 0 Å². The Morgan fingerprint density at radius 1 is 1.20 bits per heavy atom. The van der Waals surface area contributed by atoms with E-state index in [0.717, 1.165) is 13.0 Å². The van der Waals surface area contributed by atoms with Crippen LogP contribution in [0.1, 0.15) is 43.2 Å². The van der Waals surface area contributed by atoms with Crippen molar-refractivity contribution in [2.24, 2.45) is 0 Å². The van der Waals surface area contributed by atoms with Gasteiger partial charge in [-0.25, -0.2) is 0 Å². The van der Waals surface area contributed by atoms with Crippen LogP contribution < -0.4 is 5.32 Å². The Labute approximate surface area is 134 Å². The molecule has 1 unspecified atom stereocenters. The highest BCUT2D eigenvalue weighted by atomic mass is 79.9. The molecule has 3 heteroatoms. The van der Waals surface area contributed by atoms with Crippen molar-refractivity contribution in [1.82, 2.24) is 5.32 Å². The minimum absolute atomic E-state index is 0.487. The quantitative estimate of drug-likeness (QED) is 0.679. The Balaban J connectivity index is 2.26. The van der Waals surface area contributed by atoms with E-state index in [-0.39, 0.29) is 0 Å². The molecule has 1 aromatic carbocycles. The SMILES string of the molecule is CCCNC(CC)c1ccc(-c2cccc(Br)c2C)s1. The molecule has 0 spiro atoms. The molecule has 1 N–H and O–H groups in total. The van der Waals surface area contributed by atoms with Gasteiger partial charge in [-0.05, 0) is 55.6 Å². The van der Waals surface area contributed by atoms with Crippen LogP contribution in [0.5, 0.6) is 0 Å². The molecule has 1 nitrogen and oxygen atoms in total. The molecule has 2 rings (SSSR count). The number of hydrogen-bond donors (Lipinski definition) is 1. The van der Waals surface area contributed by atoms with Gasteiger partial charge in [0, 0.05) is 20.3 Å². The summed E-state index contributed by atoms with van der Waals surface area (Å²) in [6.07, 6.45) is 2.32. The molecular formula is C17H22BrNS. The first kappa shape index (κ1) is 15.7. The van der Waals surface area contributed by atoms with Gasteiger partial charge in [-0.3, -0.25) is 0 Å². The van der Waals surface area contributed by atoms with Gasteiger partial charge in [0.1, 0.15) is 0 Å². The molecule has 0 saturated heterocycles. The maximum Gasteiger partial charge on any atom is 0.0412 e. The van der Waals surface area contributed by atoms with Crippen molar-refractivity contribution >= 4 is 27.3 Å². The molecule has 0 saturated carbocycles. The molecule has 0 amide bonds. The lowest BCUT2D eigenvalue weighted by molar-refractivity contribution is 0.525. The first-order chi connectivity index (χ1) is 9.67. The van der Waals surface area contributed by atoms with Gasteiger partial charge in [-0.2, -0.15) is 0 Å². The molecule has 0 aliphatic rings. The molecule has 0 radical (unpaired) electrons. The fourth-order valence-corrected chi connectivity index (χ4v) is 3.94. The van der Waals surface area contributed by atoms with Crippen molar-refractivity contribution in [2.75, 3.05) is 6.54 Å². The van der Waals surface area contributed by atoms with Crippen LogP contribution in [0.25, 0.3) is 10.4 Å². The van der Waals surface area contributed by atoms with E-state index >= 15 is 0 Å². The number of hydrogen-bond acceptors (Lipinski definition) is 2. The first-order valence-corrected chi connectivity index (χ1v) is 8.86. The summed E-state index contributed by atoms with van der Waals surface area (Å²) in [6.45, 7) is 7.72. The van der Waals surface area contributed by atoms with Crippen molar-refractivity contribution < 1.29 is 0 Å². The predicted molar refractivity (Wildman–Crippen MR) is 93.5 cm³/mol. The Morgan fingerprint density at radius 3 is 2.70 bits per heavy atom. The van der Waals surface area contributed by atoms with E-state index in [1.165, 1.54) is 31.8 Å². The van der Waals surface area contributed by atoms with Gasteiger partial charge in [0.2, 0.25) is 0 Å². The smallest absolute Gasteiger partial charge is 0.0412 e. The van der Waals surface area contributed by atoms with Crippen molar-refractivity contribution in [3.8, 4) is 10.4 Å². The van der Waals surface area contributed by atoms with Crippen molar-refractivity contribution in [2.45, 2.75) is 39.7 Å². The van der Waals surface area contributed by atoms with Crippen LogP contribution in [0.4, 0.5) is 0 Å². The zero-order valence-corrected chi connectivity index (χ0v) is 14.8. The fourth-order valence-electron chi connectivity index (χ4n) is 2.32. The monoisotopic (exact) mass is 351 g/mol. The molecular weight excluding hydrogens is 330 g/mol. The standard InChI is InChI=1S/C17H22BrNS/c1-4-11-19-15(5-2)17-10-9-16(20-17)13-7-6-8-14(18)12(13)3/h6-10,15,19H,4-5,11H2,1-3H3. The third-order valence-corrected chi connectivity index (χ3v) is 5.64. The molecule has 1 heterocycles. The Hall–Kier alpha value is -0.640. The molecule has 1 atom stereocenters. The van der Waals surface area contributed by atoms with Crippen LogP contribution >= 0.6 is 27.3 Å². The lowest BCUT2D eigenvalue weighted by atomic mass is 10.1. The van der Waals surface area contributed by atoms with Crippen molar-refractivity contribution in [3.63, 3.8) is 0 Å². The normalized spacial score (nSPS) is 12.6. The molecule has 0 bridgehead atoms. The topological polar surface area (TPSA) is 12.0 Å². The number of nitrogens with one attached hydrogen (secondary N) is 1. The van der Waals surface area contributed by atoms with Crippen LogP contribution in [-0.2, 0) is 0 Å². The second kappa shape index (κ2) is 7.39. The van der Waals surface area contributed by atoms with E-state index in [4.69, 9.17) is 0 Å². The first-order valence-electron chi connectivity index (χ1n) is 7.26. The summed E-state index contributed by atoms with van der Waals surface area (Å²) in [4.78, 5) is 2.80. The molecule has 0 aliphatic carbocycles. The van der Waals surface area contributed by atoms with E-state index in [2.05, 4.69) is 72.3 Å². The maximum absolute atomic E-state index is 3.63. The second-order valence-corrected chi connectivity index (χ2v) is 7.00. The van der Waals surface area contributed by atoms with Gasteiger partial charge in [-0.1, -0.05) is 41.9 Å². The van der Waals surface area contributed by atoms with Crippen LogP contribution in [0.3, 0.4) is 0 Å². The van der Waals surface area contributed by atoms with E-state index in [1.54, 1.807) is 0 Å². The van der Waals surface area contributed by atoms with E-state index in [9.17, 15) is 0 Å². The van der Waals surface area contributed by atoms with Gasteiger partial charge in [0.25, 0.3) is 0 Å². The zero-order valence-electron chi connectivity index (χ0n) is 12.4. The summed E-state index contributed by atoms with van der Waals surface area (Å²) in [6, 6.07) is 11.4. The van der Waals surface area contributed by atoms with Crippen LogP contribution in [-0.4, -0.2) is 6.54 Å². The Morgan fingerprint density at radius 2 is 2.00 bits per heavy atom. The zero-order chi connectivity index (χ0) is 14.5. The number of rotatable bonds is 6. The fraction of sp³-hybridized carbons (Fsp3) is 0.412. The van der Waals surface area contributed by atoms with Crippen LogP contribution in [0.15, 0.2) is 34.8 Å². The van der Waals surface area contributed by atoms with Crippen LogP contribution in [0.2, 0.25) is 0 Å². The average molecular weight is 352 g/mol. The Kier molecular flexibility index (Phi) is 5.82. The van der Waals surface area contributed by atoms with E-state index in [1.807, 2.05) is 11.3 Å². The predicted octanol–water partition coefficient (Wildman–Crippen LogP) is 5.94. The van der Waals surface area contributed by atoms with Crippen LogP contribution in [0, 0.1) is 6.92 Å². The molecule has 1 aromatic heterocycles. The number of thiophene rings is 1. The van der Waals surface area contributed by atoms with E-state index in [0.29, 0.717) is 6.04 Å². The second-order valence-electron chi connectivity index (χ2n) is 5.03. The molecule has 2 aromatic rings. The number of benzene rings is 1. The summed E-state index contributed by atoms with van der Waals surface area (Å²) < 4.78 is 1.18. The lowest BCUT2D eigenvalue weighted by Crippen LogP contribution is -2.20. The summed E-state index contributed by atoms with van der Waals surface area (Å²) in [5, 5.41) is 3.63. The molecule has 0 aliphatic heterocycles. The van der Waals surface area contributed by atoms with Gasteiger partial charge in [0.15, 0.2) is 0 Å². The highest BCUT2D eigenvalue weighted by Gasteiger charge is 2.13. The van der Waals surface area contributed by atoms with Gasteiger partial charge in [0.05, 0.1) is 0 Å². The Bertz CT molecular complexity index is 562. The summed E-state index contributed by atoms with van der Waals surface area (Å²) in [5.41, 5.74) is 2.65. The minimum Gasteiger partial charge on any atom is -0.309 e. The molecule has 20 heavy (non-hydrogen) atoms. The van der Waals surface area contributed by atoms with E-state index < -0.39 is 0 Å². The molecule has 0 fully saturated rings. The highest BCUT2D eigenvalue weighted by molar-refractivity contribution is 9.10. The minimum atomic E-state index is 0.487. The third-order valence-electron chi connectivity index (χ3n) is 3.55. The largest absolute Gasteiger partial charge is 0.309 e. The molecule has 108 valence electrons. The maximum atomic E-state index is 3.63. The van der Waals surface area contributed by atoms with Gasteiger partial charge >= 0.3 is 0 Å². The van der Waals surface area contributed by atoms with Crippen molar-refractivity contribution in [3.05, 3.63) is 45.2 Å². The van der Waals surface area contributed by atoms with Gasteiger partial charge < -0.3 is 5.32 Å². The highest BCUT2D eigenvalue weighted by Crippen LogP contribution is 2.36. The number of halogens is 1. The summed E-state index contributed by atoms with van der Waals surface area (Å²) >= 11 is 5.53. The van der Waals surface area contributed by atoms with Gasteiger partial charge in [-0.15, -0.1) is 11.3 Å². The average Bonchev–Trinajstić information content (AvgIpc) is 2.92. The third kappa shape index (κ3) is 3.51. The lowest BCUT2D eigenvalue weighted by Gasteiger charge is -2.14. The summed E-state index contributed by atoms with van der Waals surface area (Å²) in [7, 11) is 0. The summed E-state index contributed by atoms with van der Waals surface area (Å²) in [5.74, 6) is 0.